The van der Waals surface area contributed by atoms with Gasteiger partial charge in [-0.25, -0.2) is 4.79 Å². The molecule has 0 spiro atoms. The second kappa shape index (κ2) is 3.77. The molecular formula is C12H13NO2. The number of cyclic esters (lactones) is 1. The van der Waals surface area contributed by atoms with Crippen molar-refractivity contribution in [3.8, 4) is 0 Å². The van der Waals surface area contributed by atoms with E-state index in [0.29, 0.717) is 18.8 Å². The summed E-state index contributed by atoms with van der Waals surface area (Å²) < 4.78 is 4.87. The molecule has 0 aromatic heterocycles. The quantitative estimate of drug-likeness (QED) is 0.739. The third-order valence-electron chi connectivity index (χ3n) is 2.31. The minimum Gasteiger partial charge on any atom is -0.413 e. The molecule has 3 heteroatoms. The molecule has 1 fully saturated rings. The molecule has 78 valence electrons. The normalized spacial score (nSPS) is 15.7. The van der Waals surface area contributed by atoms with Crippen LogP contribution >= 0.6 is 0 Å². The maximum atomic E-state index is 11.3. The van der Waals surface area contributed by atoms with Gasteiger partial charge in [-0.15, -0.1) is 0 Å². The van der Waals surface area contributed by atoms with Gasteiger partial charge in [-0.1, -0.05) is 36.4 Å². The molecule has 15 heavy (non-hydrogen) atoms. The van der Waals surface area contributed by atoms with E-state index < -0.39 is 0 Å². The monoisotopic (exact) mass is 203 g/mol. The molecule has 1 aromatic rings. The van der Waals surface area contributed by atoms with Crippen LogP contribution < -0.4 is 0 Å². The number of rotatable bonds is 2. The van der Waals surface area contributed by atoms with E-state index in [4.69, 9.17) is 4.74 Å². The van der Waals surface area contributed by atoms with Crippen LogP contribution in [-0.2, 0) is 11.3 Å². The van der Waals surface area contributed by atoms with Gasteiger partial charge >= 0.3 is 6.09 Å². The topological polar surface area (TPSA) is 29.5 Å². The molecule has 1 aliphatic rings. The van der Waals surface area contributed by atoms with Gasteiger partial charge in [0.15, 0.2) is 0 Å². The first kappa shape index (κ1) is 9.77. The molecule has 3 nitrogen and oxygen atoms in total. The minimum absolute atomic E-state index is 0.304. The second-order valence-electron chi connectivity index (χ2n) is 3.75. The van der Waals surface area contributed by atoms with Crippen LogP contribution in [0.4, 0.5) is 4.79 Å². The third kappa shape index (κ3) is 2.18. The maximum absolute atomic E-state index is 11.3. The first-order chi connectivity index (χ1) is 7.15. The van der Waals surface area contributed by atoms with Gasteiger partial charge in [0.1, 0.15) is 5.76 Å². The van der Waals surface area contributed by atoms with Gasteiger partial charge in [-0.05, 0) is 12.5 Å². The zero-order chi connectivity index (χ0) is 10.8. The van der Waals surface area contributed by atoms with Crippen molar-refractivity contribution in [3.05, 3.63) is 47.7 Å². The number of ether oxygens (including phenoxy) is 1. The number of amides is 1. The van der Waals surface area contributed by atoms with Crippen LogP contribution in [0.25, 0.3) is 0 Å². The molecule has 0 unspecified atom stereocenters. The molecule has 2 rings (SSSR count). The number of hydrogen-bond donors (Lipinski definition) is 0. The minimum atomic E-state index is -0.304. The molecule has 1 heterocycles. The number of hydrogen-bond acceptors (Lipinski definition) is 2. The van der Waals surface area contributed by atoms with Crippen LogP contribution in [0.3, 0.4) is 0 Å². The van der Waals surface area contributed by atoms with Gasteiger partial charge in [0.2, 0.25) is 0 Å². The van der Waals surface area contributed by atoms with Crippen LogP contribution in [-0.4, -0.2) is 17.5 Å². The van der Waals surface area contributed by atoms with Crippen molar-refractivity contribution in [1.82, 2.24) is 4.90 Å². The van der Waals surface area contributed by atoms with E-state index in [1.165, 1.54) is 5.56 Å². The molecule has 0 radical (unpaired) electrons. The van der Waals surface area contributed by atoms with Gasteiger partial charge < -0.3 is 4.74 Å². The molecular weight excluding hydrogens is 190 g/mol. The van der Waals surface area contributed by atoms with Gasteiger partial charge in [0.05, 0.1) is 6.54 Å². The van der Waals surface area contributed by atoms with Gasteiger partial charge in [-0.2, -0.15) is 0 Å². The Bertz CT molecular complexity index is 412. The summed E-state index contributed by atoms with van der Waals surface area (Å²) in [6, 6.07) is 8.08. The van der Waals surface area contributed by atoms with Crippen molar-refractivity contribution < 1.29 is 9.53 Å². The number of benzene rings is 1. The lowest BCUT2D eigenvalue weighted by Crippen LogP contribution is -2.23. The van der Waals surface area contributed by atoms with E-state index in [9.17, 15) is 4.79 Å². The van der Waals surface area contributed by atoms with Crippen molar-refractivity contribution in [3.63, 3.8) is 0 Å². The van der Waals surface area contributed by atoms with Crippen LogP contribution in [0.1, 0.15) is 11.1 Å². The highest BCUT2D eigenvalue weighted by Gasteiger charge is 2.25. The van der Waals surface area contributed by atoms with Crippen molar-refractivity contribution in [2.75, 3.05) is 6.54 Å². The van der Waals surface area contributed by atoms with Crippen LogP contribution in [0, 0.1) is 6.92 Å². The summed E-state index contributed by atoms with van der Waals surface area (Å²) in [6.45, 7) is 6.74. The molecule has 1 aliphatic heterocycles. The smallest absolute Gasteiger partial charge is 0.413 e. The van der Waals surface area contributed by atoms with E-state index in [1.54, 1.807) is 4.90 Å². The van der Waals surface area contributed by atoms with Gasteiger partial charge in [-0.3, -0.25) is 4.90 Å². The summed E-state index contributed by atoms with van der Waals surface area (Å²) in [4.78, 5) is 13.0. The first-order valence-corrected chi connectivity index (χ1v) is 4.85. The Morgan fingerprint density at radius 3 is 2.93 bits per heavy atom. The third-order valence-corrected chi connectivity index (χ3v) is 2.31. The predicted molar refractivity (Wildman–Crippen MR) is 57.2 cm³/mol. The van der Waals surface area contributed by atoms with Crippen LogP contribution in [0.15, 0.2) is 36.6 Å². The number of aryl methyl sites for hydroxylation is 1. The predicted octanol–water partition coefficient (Wildman–Crippen LogP) is 2.46. The average molecular weight is 203 g/mol. The average Bonchev–Trinajstić information content (AvgIpc) is 2.45. The summed E-state index contributed by atoms with van der Waals surface area (Å²) >= 11 is 0. The van der Waals surface area contributed by atoms with E-state index in [2.05, 4.69) is 12.6 Å². The standard InChI is InChI=1S/C12H13NO2/c1-9-4-3-5-11(6-9)8-13-7-10(2)15-12(13)14/h3-6H,2,7-8H2,1H3. The Morgan fingerprint density at radius 2 is 2.33 bits per heavy atom. The Labute approximate surface area is 89.0 Å². The van der Waals surface area contributed by atoms with E-state index in [0.717, 1.165) is 5.56 Å². The second-order valence-corrected chi connectivity index (χ2v) is 3.75. The summed E-state index contributed by atoms with van der Waals surface area (Å²) in [5.74, 6) is 0.521. The SMILES string of the molecule is C=C1CN(Cc2cccc(C)c2)C(=O)O1. The number of carbonyl (C=O) groups excluding carboxylic acids is 1. The molecule has 0 atom stereocenters. The van der Waals surface area contributed by atoms with Crippen LogP contribution in [0.5, 0.6) is 0 Å². The lowest BCUT2D eigenvalue weighted by molar-refractivity contribution is 0.167. The summed E-state index contributed by atoms with van der Waals surface area (Å²) in [5, 5.41) is 0. The Balaban J connectivity index is 2.09. The van der Waals surface area contributed by atoms with E-state index in [-0.39, 0.29) is 6.09 Å². The number of nitrogens with zero attached hydrogens (tertiary/aromatic N) is 1. The molecule has 0 bridgehead atoms. The number of carbonyl (C=O) groups is 1. The van der Waals surface area contributed by atoms with Gasteiger partial charge in [0.25, 0.3) is 0 Å². The Kier molecular flexibility index (Phi) is 2.46. The highest BCUT2D eigenvalue weighted by molar-refractivity contribution is 5.71. The fourth-order valence-electron chi connectivity index (χ4n) is 1.65. The zero-order valence-corrected chi connectivity index (χ0v) is 8.69. The molecule has 1 amide bonds. The van der Waals surface area contributed by atoms with Crippen molar-refractivity contribution in [2.45, 2.75) is 13.5 Å². The highest BCUT2D eigenvalue weighted by Crippen LogP contribution is 2.16. The molecule has 0 saturated carbocycles. The molecule has 1 saturated heterocycles. The zero-order valence-electron chi connectivity index (χ0n) is 8.69. The fraction of sp³-hybridized carbons (Fsp3) is 0.250. The Hall–Kier alpha value is -1.77. The van der Waals surface area contributed by atoms with Crippen molar-refractivity contribution >= 4 is 6.09 Å². The van der Waals surface area contributed by atoms with Crippen LogP contribution in [0.2, 0.25) is 0 Å². The summed E-state index contributed by atoms with van der Waals surface area (Å²) in [5.41, 5.74) is 2.31. The van der Waals surface area contributed by atoms with E-state index >= 15 is 0 Å². The fourth-order valence-corrected chi connectivity index (χ4v) is 1.65. The lowest BCUT2D eigenvalue weighted by atomic mass is 10.1. The Morgan fingerprint density at radius 1 is 1.53 bits per heavy atom. The summed E-state index contributed by atoms with van der Waals surface area (Å²) in [7, 11) is 0. The molecule has 1 aromatic carbocycles. The molecule has 0 N–H and O–H groups in total. The lowest BCUT2D eigenvalue weighted by Gasteiger charge is -2.12. The molecule has 0 aliphatic carbocycles. The summed E-state index contributed by atoms with van der Waals surface area (Å²) in [6.07, 6.45) is -0.304. The largest absolute Gasteiger partial charge is 0.415 e. The van der Waals surface area contributed by atoms with Crippen molar-refractivity contribution in [2.24, 2.45) is 0 Å². The first-order valence-electron chi connectivity index (χ1n) is 4.85. The van der Waals surface area contributed by atoms with E-state index in [1.807, 2.05) is 25.1 Å². The van der Waals surface area contributed by atoms with Gasteiger partial charge in [0, 0.05) is 6.54 Å². The highest BCUT2D eigenvalue weighted by atomic mass is 16.6. The maximum Gasteiger partial charge on any atom is 0.415 e. The van der Waals surface area contributed by atoms with Crippen molar-refractivity contribution in [1.29, 1.82) is 0 Å².